The van der Waals surface area contributed by atoms with Gasteiger partial charge in [0.1, 0.15) is 11.6 Å². The number of phenolic OH excluding ortho intramolecular Hbond substituents is 1. The Morgan fingerprint density at radius 3 is 2.85 bits per heavy atom. The maximum absolute atomic E-state index is 12.5. The topological polar surface area (TPSA) is 95.2 Å². The van der Waals surface area contributed by atoms with Gasteiger partial charge in [-0.3, -0.25) is 9.78 Å². The fourth-order valence-corrected chi connectivity index (χ4v) is 2.51. The highest BCUT2D eigenvalue weighted by atomic mass is 16.5. The van der Waals surface area contributed by atoms with Gasteiger partial charge in [-0.2, -0.15) is 5.26 Å². The molecule has 3 aromatic rings. The van der Waals surface area contributed by atoms with E-state index in [1.165, 1.54) is 19.3 Å². The van der Waals surface area contributed by atoms with Gasteiger partial charge >= 0.3 is 0 Å². The van der Waals surface area contributed by atoms with Crippen LogP contribution in [0.5, 0.6) is 11.5 Å². The molecule has 1 aromatic heterocycles. The molecule has 0 spiro atoms. The van der Waals surface area contributed by atoms with Crippen molar-refractivity contribution in [2.45, 2.75) is 0 Å². The van der Waals surface area contributed by atoms with Crippen molar-refractivity contribution in [1.29, 1.82) is 5.26 Å². The fraction of sp³-hybridized carbons (Fsp3) is 0.0500. The minimum absolute atomic E-state index is 0.0703. The summed E-state index contributed by atoms with van der Waals surface area (Å²) in [6.45, 7) is 0. The Kier molecular flexibility index (Phi) is 4.81. The molecular weight excluding hydrogens is 330 g/mol. The minimum atomic E-state index is -0.542. The van der Waals surface area contributed by atoms with Crippen molar-refractivity contribution in [2.75, 3.05) is 12.4 Å². The van der Waals surface area contributed by atoms with Crippen LogP contribution in [-0.4, -0.2) is 23.1 Å². The summed E-state index contributed by atoms with van der Waals surface area (Å²) in [5.74, 6) is -0.299. The van der Waals surface area contributed by atoms with E-state index in [0.717, 1.165) is 10.9 Å². The lowest BCUT2D eigenvalue weighted by Gasteiger charge is -2.08. The molecule has 128 valence electrons. The number of nitrogens with one attached hydrogen (secondary N) is 1. The molecule has 26 heavy (non-hydrogen) atoms. The molecule has 0 bridgehead atoms. The third-order valence-electron chi connectivity index (χ3n) is 3.77. The molecule has 1 amide bonds. The monoisotopic (exact) mass is 345 g/mol. The van der Waals surface area contributed by atoms with Crippen LogP contribution in [0, 0.1) is 11.3 Å². The highest BCUT2D eigenvalue weighted by Crippen LogP contribution is 2.27. The zero-order valence-electron chi connectivity index (χ0n) is 13.9. The minimum Gasteiger partial charge on any atom is -0.504 e. The lowest BCUT2D eigenvalue weighted by molar-refractivity contribution is -0.112. The third kappa shape index (κ3) is 3.47. The molecule has 3 rings (SSSR count). The van der Waals surface area contributed by atoms with Gasteiger partial charge in [0, 0.05) is 11.6 Å². The van der Waals surface area contributed by atoms with E-state index in [0.29, 0.717) is 17.0 Å². The van der Waals surface area contributed by atoms with E-state index in [1.807, 2.05) is 18.2 Å². The molecule has 0 fully saturated rings. The molecule has 1 heterocycles. The van der Waals surface area contributed by atoms with Crippen LogP contribution < -0.4 is 10.1 Å². The van der Waals surface area contributed by atoms with E-state index in [-0.39, 0.29) is 11.3 Å². The lowest BCUT2D eigenvalue weighted by Crippen LogP contribution is -2.13. The number of rotatable bonds is 4. The van der Waals surface area contributed by atoms with E-state index in [4.69, 9.17) is 4.74 Å². The Morgan fingerprint density at radius 1 is 1.27 bits per heavy atom. The van der Waals surface area contributed by atoms with Crippen LogP contribution in [0.4, 0.5) is 5.69 Å². The van der Waals surface area contributed by atoms with Crippen molar-refractivity contribution < 1.29 is 14.6 Å². The summed E-state index contributed by atoms with van der Waals surface area (Å²) < 4.78 is 4.98. The van der Waals surface area contributed by atoms with Crippen LogP contribution in [0.2, 0.25) is 0 Å². The molecule has 6 heteroatoms. The van der Waals surface area contributed by atoms with Gasteiger partial charge in [-0.15, -0.1) is 0 Å². The number of benzene rings is 2. The molecule has 0 aliphatic heterocycles. The summed E-state index contributed by atoms with van der Waals surface area (Å²) >= 11 is 0. The van der Waals surface area contributed by atoms with E-state index in [2.05, 4.69) is 10.3 Å². The van der Waals surface area contributed by atoms with Crippen molar-refractivity contribution in [2.24, 2.45) is 0 Å². The fourth-order valence-electron chi connectivity index (χ4n) is 2.51. The molecule has 0 saturated carbocycles. The molecule has 6 nitrogen and oxygen atoms in total. The Labute approximate surface area is 150 Å². The Bertz CT molecular complexity index is 1050. The van der Waals surface area contributed by atoms with Gasteiger partial charge in [0.05, 0.1) is 18.3 Å². The quantitative estimate of drug-likeness (QED) is 0.557. The Morgan fingerprint density at radius 2 is 2.12 bits per heavy atom. The van der Waals surface area contributed by atoms with Crippen LogP contribution in [0.15, 0.2) is 60.3 Å². The molecule has 0 saturated heterocycles. The number of hydrogen-bond donors (Lipinski definition) is 2. The van der Waals surface area contributed by atoms with Gasteiger partial charge in [0.15, 0.2) is 11.5 Å². The number of amides is 1. The number of carbonyl (C=O) groups is 1. The maximum atomic E-state index is 12.5. The highest BCUT2D eigenvalue weighted by molar-refractivity contribution is 6.12. The van der Waals surface area contributed by atoms with Crippen LogP contribution in [0.3, 0.4) is 0 Å². The third-order valence-corrected chi connectivity index (χ3v) is 3.77. The first-order chi connectivity index (χ1) is 12.6. The number of nitrogens with zero attached hydrogens (tertiary/aromatic N) is 2. The molecule has 0 aliphatic carbocycles. The number of phenols is 1. The molecule has 0 aliphatic rings. The molecule has 0 atom stereocenters. The second kappa shape index (κ2) is 7.36. The van der Waals surface area contributed by atoms with E-state index >= 15 is 0 Å². The predicted molar refractivity (Wildman–Crippen MR) is 98.6 cm³/mol. The molecule has 0 unspecified atom stereocenters. The first-order valence-corrected chi connectivity index (χ1v) is 7.76. The highest BCUT2D eigenvalue weighted by Gasteiger charge is 2.12. The summed E-state index contributed by atoms with van der Waals surface area (Å²) in [6.07, 6.45) is 3.07. The molecule has 2 N–H and O–H groups in total. The average molecular weight is 345 g/mol. The number of aromatic nitrogens is 1. The second-order valence-corrected chi connectivity index (χ2v) is 5.43. The van der Waals surface area contributed by atoms with Gasteiger partial charge in [0.25, 0.3) is 5.91 Å². The Hall–Kier alpha value is -3.85. The number of ether oxygens (including phenoxy) is 1. The number of hydrogen-bond acceptors (Lipinski definition) is 5. The number of carbonyl (C=O) groups excluding carboxylic acids is 1. The van der Waals surface area contributed by atoms with Gasteiger partial charge < -0.3 is 15.2 Å². The normalized spacial score (nSPS) is 11.0. The number of aromatic hydroxyl groups is 1. The summed E-state index contributed by atoms with van der Waals surface area (Å²) in [6, 6.07) is 15.5. The standard InChI is InChI=1S/C20H15N3O3/c1-26-19-8-7-13(11-18(19)24)10-14(12-21)20(25)23-17-6-2-5-16-15(17)4-3-9-22-16/h2-11,24H,1H3,(H,23,25)/b14-10+. The number of fused-ring (bicyclic) bond motifs is 1. The average Bonchev–Trinajstić information content (AvgIpc) is 2.66. The number of nitriles is 1. The van der Waals surface area contributed by atoms with Gasteiger partial charge in [0.2, 0.25) is 0 Å². The van der Waals surface area contributed by atoms with Crippen LogP contribution in [-0.2, 0) is 4.79 Å². The Balaban J connectivity index is 1.89. The maximum Gasteiger partial charge on any atom is 0.266 e. The molecule has 0 radical (unpaired) electrons. The zero-order valence-corrected chi connectivity index (χ0v) is 13.9. The zero-order chi connectivity index (χ0) is 18.5. The van der Waals surface area contributed by atoms with Crippen molar-refractivity contribution in [3.63, 3.8) is 0 Å². The van der Waals surface area contributed by atoms with Gasteiger partial charge in [-0.05, 0) is 48.0 Å². The largest absolute Gasteiger partial charge is 0.504 e. The van der Waals surface area contributed by atoms with E-state index < -0.39 is 5.91 Å². The number of pyridine rings is 1. The first-order valence-electron chi connectivity index (χ1n) is 7.76. The smallest absolute Gasteiger partial charge is 0.266 e. The van der Waals surface area contributed by atoms with Crippen molar-refractivity contribution >= 4 is 28.6 Å². The summed E-state index contributed by atoms with van der Waals surface area (Å²) in [7, 11) is 1.44. The van der Waals surface area contributed by atoms with Crippen molar-refractivity contribution in [3.8, 4) is 17.6 Å². The van der Waals surface area contributed by atoms with Crippen LogP contribution in [0.25, 0.3) is 17.0 Å². The molecular formula is C20H15N3O3. The van der Waals surface area contributed by atoms with E-state index in [9.17, 15) is 15.2 Å². The van der Waals surface area contributed by atoms with Gasteiger partial charge in [-0.25, -0.2) is 0 Å². The molecule has 2 aromatic carbocycles. The van der Waals surface area contributed by atoms with Crippen LogP contribution in [0.1, 0.15) is 5.56 Å². The SMILES string of the molecule is COc1ccc(/C=C(\C#N)C(=O)Nc2cccc3ncccc23)cc1O. The second-order valence-electron chi connectivity index (χ2n) is 5.43. The predicted octanol–water partition coefficient (Wildman–Crippen LogP) is 3.49. The summed E-state index contributed by atoms with van der Waals surface area (Å²) in [5.41, 5.74) is 1.73. The summed E-state index contributed by atoms with van der Waals surface area (Å²) in [4.78, 5) is 16.7. The summed E-state index contributed by atoms with van der Waals surface area (Å²) in [5, 5.41) is 22.7. The first kappa shape index (κ1) is 17.0. The number of methoxy groups -OCH3 is 1. The van der Waals surface area contributed by atoms with Gasteiger partial charge in [-0.1, -0.05) is 12.1 Å². The van der Waals surface area contributed by atoms with Crippen molar-refractivity contribution in [1.82, 2.24) is 4.98 Å². The van der Waals surface area contributed by atoms with Crippen molar-refractivity contribution in [3.05, 3.63) is 65.9 Å². The lowest BCUT2D eigenvalue weighted by atomic mass is 10.1. The van der Waals surface area contributed by atoms with E-state index in [1.54, 1.807) is 36.5 Å². The number of anilines is 1. The van der Waals surface area contributed by atoms with Crippen LogP contribution >= 0.6 is 0 Å².